The van der Waals surface area contributed by atoms with Crippen LogP contribution in [0.2, 0.25) is 0 Å². The van der Waals surface area contributed by atoms with Crippen LogP contribution in [0.4, 0.5) is 48.3 Å². The molecule has 238 valence electrons. The summed E-state index contributed by atoms with van der Waals surface area (Å²) in [6.07, 6.45) is -8.68. The van der Waals surface area contributed by atoms with E-state index in [9.17, 15) is 41.5 Å². The third-order valence-electron chi connectivity index (χ3n) is 8.02. The number of nitriles is 1. The third-order valence-corrected chi connectivity index (χ3v) is 8.02. The zero-order valence-corrected chi connectivity index (χ0v) is 24.0. The molecular formula is C31H29F6N5O3. The first-order chi connectivity index (χ1) is 21.3. The number of anilines is 3. The second-order valence-electron chi connectivity index (χ2n) is 10.9. The largest absolute Gasteiger partial charge is 0.465 e. The monoisotopic (exact) mass is 633 g/mol. The van der Waals surface area contributed by atoms with E-state index in [0.717, 1.165) is 35.2 Å². The summed E-state index contributed by atoms with van der Waals surface area (Å²) in [5.74, 6) is 0.218. The van der Waals surface area contributed by atoms with Crippen LogP contribution >= 0.6 is 0 Å². The van der Waals surface area contributed by atoms with Gasteiger partial charge in [0.05, 0.1) is 59.6 Å². The first-order valence-electron chi connectivity index (χ1n) is 14.2. The van der Waals surface area contributed by atoms with Crippen LogP contribution in [-0.2, 0) is 23.5 Å². The number of halogens is 6. The molecule has 0 bridgehead atoms. The van der Waals surface area contributed by atoms with Gasteiger partial charge in [-0.25, -0.2) is 9.78 Å². The van der Waals surface area contributed by atoms with E-state index in [1.54, 1.807) is 25.3 Å². The molecule has 0 aliphatic carbocycles. The van der Waals surface area contributed by atoms with Gasteiger partial charge in [0, 0.05) is 31.1 Å². The predicted octanol–water partition coefficient (Wildman–Crippen LogP) is 7.24. The molecule has 5 rings (SSSR count). The SMILES string of the molecule is CC[C@@H]1C[C@H](Nc2ncc(N3CCOCC3)cc2Cc2cc(C#N)cc(C(F)(F)F)c2)c2cc(C(F)(F)F)ccc2N1C(=O)O. The number of aromatic nitrogens is 1. The molecule has 45 heavy (non-hydrogen) atoms. The van der Waals surface area contributed by atoms with E-state index in [0.29, 0.717) is 44.0 Å². The molecule has 2 aliphatic rings. The smallest absolute Gasteiger partial charge is 0.416 e. The molecule has 8 nitrogen and oxygen atoms in total. The van der Waals surface area contributed by atoms with Crippen molar-refractivity contribution in [3.8, 4) is 6.07 Å². The summed E-state index contributed by atoms with van der Waals surface area (Å²) >= 11 is 0. The van der Waals surface area contributed by atoms with Gasteiger partial charge >= 0.3 is 18.4 Å². The van der Waals surface area contributed by atoms with Crippen molar-refractivity contribution in [1.82, 2.24) is 4.98 Å². The summed E-state index contributed by atoms with van der Waals surface area (Å²) in [5, 5.41) is 22.5. The Hall–Kier alpha value is -4.51. The van der Waals surface area contributed by atoms with Gasteiger partial charge in [0.2, 0.25) is 0 Å². The highest BCUT2D eigenvalue weighted by atomic mass is 19.4. The Morgan fingerprint density at radius 1 is 1.07 bits per heavy atom. The van der Waals surface area contributed by atoms with Gasteiger partial charge < -0.3 is 20.1 Å². The number of hydrogen-bond acceptors (Lipinski definition) is 6. The number of amides is 1. The second-order valence-corrected chi connectivity index (χ2v) is 10.9. The van der Waals surface area contributed by atoms with Crippen LogP contribution < -0.4 is 15.1 Å². The maximum absolute atomic E-state index is 13.7. The fraction of sp³-hybridized carbons (Fsp3) is 0.387. The van der Waals surface area contributed by atoms with E-state index in [4.69, 9.17) is 4.74 Å². The van der Waals surface area contributed by atoms with Crippen LogP contribution in [0.1, 0.15) is 59.2 Å². The van der Waals surface area contributed by atoms with Gasteiger partial charge in [0.25, 0.3) is 0 Å². The van der Waals surface area contributed by atoms with E-state index in [2.05, 4.69) is 10.3 Å². The Morgan fingerprint density at radius 3 is 2.40 bits per heavy atom. The number of alkyl halides is 6. The van der Waals surface area contributed by atoms with Gasteiger partial charge in [-0.3, -0.25) is 4.90 Å². The number of carboxylic acid groups (broad SMARTS) is 1. The first-order valence-corrected chi connectivity index (χ1v) is 14.2. The van der Waals surface area contributed by atoms with Gasteiger partial charge in [-0.2, -0.15) is 31.6 Å². The van der Waals surface area contributed by atoms with Crippen molar-refractivity contribution in [3.05, 3.63) is 82.0 Å². The number of hydrogen-bond donors (Lipinski definition) is 2. The lowest BCUT2D eigenvalue weighted by molar-refractivity contribution is -0.138. The third kappa shape index (κ3) is 6.93. The molecule has 0 saturated carbocycles. The topological polar surface area (TPSA) is 102 Å². The highest BCUT2D eigenvalue weighted by Crippen LogP contribution is 2.43. The molecule has 2 atom stereocenters. The highest BCUT2D eigenvalue weighted by Gasteiger charge is 2.39. The van der Waals surface area contributed by atoms with Crippen LogP contribution in [0.15, 0.2) is 48.7 Å². The average Bonchev–Trinajstić information content (AvgIpc) is 3.00. The zero-order chi connectivity index (χ0) is 32.5. The van der Waals surface area contributed by atoms with Crippen LogP contribution in [-0.4, -0.2) is 48.5 Å². The summed E-state index contributed by atoms with van der Waals surface area (Å²) < 4.78 is 87.6. The normalized spacial score (nSPS) is 18.7. The van der Waals surface area contributed by atoms with Crippen LogP contribution in [0.5, 0.6) is 0 Å². The van der Waals surface area contributed by atoms with Crippen molar-refractivity contribution >= 4 is 23.3 Å². The van der Waals surface area contributed by atoms with Gasteiger partial charge in [0.1, 0.15) is 5.82 Å². The number of benzene rings is 2. The maximum Gasteiger partial charge on any atom is 0.416 e. The minimum absolute atomic E-state index is 0.0766. The van der Waals surface area contributed by atoms with Crippen molar-refractivity contribution in [1.29, 1.82) is 5.26 Å². The van der Waals surface area contributed by atoms with E-state index in [1.807, 2.05) is 4.90 Å². The Kier molecular flexibility index (Phi) is 8.84. The lowest BCUT2D eigenvalue weighted by Gasteiger charge is -2.40. The minimum Gasteiger partial charge on any atom is -0.465 e. The second kappa shape index (κ2) is 12.5. The average molecular weight is 634 g/mol. The molecule has 1 saturated heterocycles. The lowest BCUT2D eigenvalue weighted by Crippen LogP contribution is -2.45. The van der Waals surface area contributed by atoms with E-state index < -0.39 is 41.7 Å². The number of carbonyl (C=O) groups is 1. The number of ether oxygens (including phenoxy) is 1. The fourth-order valence-electron chi connectivity index (χ4n) is 5.84. The molecule has 2 aliphatic heterocycles. The minimum atomic E-state index is -4.69. The number of rotatable bonds is 6. The number of nitrogens with one attached hydrogen (secondary N) is 1. The molecule has 1 fully saturated rings. The maximum atomic E-state index is 13.7. The molecule has 1 amide bonds. The lowest BCUT2D eigenvalue weighted by atomic mass is 9.88. The highest BCUT2D eigenvalue weighted by molar-refractivity contribution is 5.89. The number of fused-ring (bicyclic) bond motifs is 1. The number of pyridine rings is 1. The summed E-state index contributed by atoms with van der Waals surface area (Å²) in [6.45, 7) is 3.81. The van der Waals surface area contributed by atoms with Gasteiger partial charge in [-0.1, -0.05) is 6.92 Å². The quantitative estimate of drug-likeness (QED) is 0.276. The van der Waals surface area contributed by atoms with Gasteiger partial charge in [-0.15, -0.1) is 0 Å². The number of morpholine rings is 1. The molecule has 3 aromatic rings. The van der Waals surface area contributed by atoms with E-state index >= 15 is 0 Å². The Labute approximate surface area is 254 Å². The van der Waals surface area contributed by atoms with Gasteiger partial charge in [0.15, 0.2) is 0 Å². The molecule has 0 spiro atoms. The molecule has 0 unspecified atom stereocenters. The molecule has 0 radical (unpaired) electrons. The summed E-state index contributed by atoms with van der Waals surface area (Å²) in [4.78, 5) is 19.8. The van der Waals surface area contributed by atoms with Crippen molar-refractivity contribution in [2.75, 3.05) is 41.4 Å². The molecule has 2 N–H and O–H groups in total. The molecule has 2 aromatic carbocycles. The molecule has 14 heteroatoms. The van der Waals surface area contributed by atoms with Gasteiger partial charge in [-0.05, 0) is 66.4 Å². The Bertz CT molecular complexity index is 1610. The van der Waals surface area contributed by atoms with Crippen molar-refractivity contribution in [2.24, 2.45) is 0 Å². The zero-order valence-electron chi connectivity index (χ0n) is 24.0. The predicted molar refractivity (Wildman–Crippen MR) is 153 cm³/mol. The molecule has 3 heterocycles. The van der Waals surface area contributed by atoms with Crippen LogP contribution in [0.3, 0.4) is 0 Å². The van der Waals surface area contributed by atoms with E-state index in [-0.39, 0.29) is 41.0 Å². The fourth-order valence-corrected chi connectivity index (χ4v) is 5.84. The summed E-state index contributed by atoms with van der Waals surface area (Å²) in [5.41, 5.74) is -0.574. The van der Waals surface area contributed by atoms with Crippen molar-refractivity contribution in [2.45, 2.75) is 50.6 Å². The van der Waals surface area contributed by atoms with Crippen molar-refractivity contribution < 1.29 is 41.0 Å². The summed E-state index contributed by atoms with van der Waals surface area (Å²) in [6, 6.07) is 8.12. The van der Waals surface area contributed by atoms with Crippen molar-refractivity contribution in [3.63, 3.8) is 0 Å². The van der Waals surface area contributed by atoms with Crippen LogP contribution in [0.25, 0.3) is 0 Å². The Balaban J connectivity index is 1.60. The van der Waals surface area contributed by atoms with E-state index in [1.165, 1.54) is 6.07 Å². The van der Waals surface area contributed by atoms with Crippen LogP contribution in [0, 0.1) is 11.3 Å². The first kappa shape index (κ1) is 31.9. The molecular weight excluding hydrogens is 604 g/mol. The number of nitrogens with zero attached hydrogens (tertiary/aromatic N) is 4. The Morgan fingerprint density at radius 2 is 1.78 bits per heavy atom. The molecule has 1 aromatic heterocycles. The standard InChI is InChI=1S/C31H29F6N5O3/c1-2-23-15-26(25-14-21(30(32,33)34)3-4-27(25)42(23)29(43)44)40-28-20(13-24(17-39-28)41-5-7-45-8-6-41)10-18-9-19(16-38)12-22(11-18)31(35,36)37/h3-4,9,11-14,17,23,26H,2,5-8,10,15H2,1H3,(H,39,40)(H,43,44)/t23-,26+/m1/s1. The summed E-state index contributed by atoms with van der Waals surface area (Å²) in [7, 11) is 0.